The third kappa shape index (κ3) is 7.19. The minimum absolute atomic E-state index is 0.0827. The fourth-order valence-electron chi connectivity index (χ4n) is 2.64. The lowest BCUT2D eigenvalue weighted by Crippen LogP contribution is -2.28. The highest BCUT2D eigenvalue weighted by Gasteiger charge is 2.30. The van der Waals surface area contributed by atoms with Crippen molar-refractivity contribution >= 4 is 28.8 Å². The number of halogens is 3. The molecule has 0 saturated carbocycles. The van der Waals surface area contributed by atoms with Gasteiger partial charge in [-0.05, 0) is 48.0 Å². The Labute approximate surface area is 180 Å². The van der Waals surface area contributed by atoms with E-state index in [2.05, 4.69) is 20.3 Å². The van der Waals surface area contributed by atoms with Crippen LogP contribution >= 0.6 is 0 Å². The van der Waals surface area contributed by atoms with E-state index in [0.29, 0.717) is 23.5 Å². The SMILES string of the molecule is O=C(NCc1cccnc1)Nc1ccc(N[S+]([O-])Cc2cccc(C(F)(F)F)c2)cc1. The Morgan fingerprint density at radius 2 is 1.71 bits per heavy atom. The van der Waals surface area contributed by atoms with Gasteiger partial charge in [-0.15, -0.1) is 0 Å². The summed E-state index contributed by atoms with van der Waals surface area (Å²) in [6, 6.07) is 14.4. The van der Waals surface area contributed by atoms with Crippen LogP contribution < -0.4 is 15.4 Å². The molecule has 3 aromatic rings. The van der Waals surface area contributed by atoms with Gasteiger partial charge in [-0.3, -0.25) is 4.98 Å². The van der Waals surface area contributed by atoms with Crippen molar-refractivity contribution < 1.29 is 22.5 Å². The van der Waals surface area contributed by atoms with E-state index in [1.165, 1.54) is 12.1 Å². The molecular formula is C21H19F3N4O2S. The van der Waals surface area contributed by atoms with E-state index < -0.39 is 29.1 Å². The van der Waals surface area contributed by atoms with Crippen molar-refractivity contribution in [3.8, 4) is 0 Å². The molecule has 0 aliphatic carbocycles. The molecule has 1 atom stereocenters. The molecule has 1 heterocycles. The third-order valence-electron chi connectivity index (χ3n) is 4.10. The number of nitrogens with one attached hydrogen (secondary N) is 3. The van der Waals surface area contributed by atoms with Gasteiger partial charge in [0.05, 0.1) is 22.6 Å². The number of pyridine rings is 1. The number of benzene rings is 2. The molecule has 0 aliphatic heterocycles. The van der Waals surface area contributed by atoms with Crippen molar-refractivity contribution in [2.24, 2.45) is 0 Å². The molecule has 1 aromatic heterocycles. The van der Waals surface area contributed by atoms with Gasteiger partial charge in [0.25, 0.3) is 0 Å². The Morgan fingerprint density at radius 3 is 2.39 bits per heavy atom. The third-order valence-corrected chi connectivity index (χ3v) is 5.16. The van der Waals surface area contributed by atoms with E-state index in [9.17, 15) is 22.5 Å². The molecule has 3 rings (SSSR count). The number of amides is 2. The maximum atomic E-state index is 12.8. The topological polar surface area (TPSA) is 89.1 Å². The largest absolute Gasteiger partial charge is 0.593 e. The van der Waals surface area contributed by atoms with Crippen molar-refractivity contribution in [1.82, 2.24) is 10.3 Å². The molecule has 1 unspecified atom stereocenters. The van der Waals surface area contributed by atoms with Crippen LogP contribution in [-0.4, -0.2) is 15.6 Å². The van der Waals surface area contributed by atoms with Crippen LogP contribution in [0.5, 0.6) is 0 Å². The first kappa shape index (κ1) is 22.4. The number of carbonyl (C=O) groups excluding carboxylic acids is 1. The van der Waals surface area contributed by atoms with Gasteiger partial charge in [-0.2, -0.15) is 13.2 Å². The second kappa shape index (κ2) is 10.2. The van der Waals surface area contributed by atoms with E-state index in [0.717, 1.165) is 17.7 Å². The standard InChI is InChI=1S/C21H19F3N4O2S/c22-21(23,24)17-5-1-3-15(11-17)14-31(30)28-19-8-6-18(7-9-19)27-20(29)26-13-16-4-2-10-25-12-16/h1-12,28H,13-14H2,(H2,26,27,29). The highest BCUT2D eigenvalue weighted by Crippen LogP contribution is 2.30. The van der Waals surface area contributed by atoms with Crippen LogP contribution in [0.4, 0.5) is 29.3 Å². The molecule has 0 saturated heterocycles. The molecule has 2 aromatic carbocycles. The van der Waals surface area contributed by atoms with E-state index >= 15 is 0 Å². The number of urea groups is 1. The van der Waals surface area contributed by atoms with Crippen LogP contribution in [0, 0.1) is 0 Å². The summed E-state index contributed by atoms with van der Waals surface area (Å²) in [4.78, 5) is 15.9. The molecule has 162 valence electrons. The molecule has 6 nitrogen and oxygen atoms in total. The Morgan fingerprint density at radius 1 is 1.00 bits per heavy atom. The summed E-state index contributed by atoms with van der Waals surface area (Å²) >= 11 is -1.62. The molecule has 0 aliphatic rings. The molecular weight excluding hydrogens is 429 g/mol. The summed E-state index contributed by atoms with van der Waals surface area (Å²) in [6.45, 7) is 0.327. The summed E-state index contributed by atoms with van der Waals surface area (Å²) in [5.41, 5.74) is 1.42. The number of carbonyl (C=O) groups is 1. The fraction of sp³-hybridized carbons (Fsp3) is 0.143. The van der Waals surface area contributed by atoms with Crippen molar-refractivity contribution in [2.45, 2.75) is 18.5 Å². The van der Waals surface area contributed by atoms with Crippen molar-refractivity contribution in [3.05, 3.63) is 89.7 Å². The summed E-state index contributed by atoms with van der Waals surface area (Å²) in [5, 5.41) is 5.37. The van der Waals surface area contributed by atoms with Crippen molar-refractivity contribution in [2.75, 3.05) is 10.0 Å². The number of alkyl halides is 3. The first-order chi connectivity index (χ1) is 14.8. The number of aromatic nitrogens is 1. The maximum Gasteiger partial charge on any atom is 0.416 e. The quantitative estimate of drug-likeness (QED) is 0.457. The average molecular weight is 448 g/mol. The van der Waals surface area contributed by atoms with Crippen LogP contribution in [0.2, 0.25) is 0 Å². The highest BCUT2D eigenvalue weighted by atomic mass is 32.2. The number of hydrogen-bond donors (Lipinski definition) is 3. The van der Waals surface area contributed by atoms with Gasteiger partial charge in [-0.25, -0.2) is 9.52 Å². The monoisotopic (exact) mass is 448 g/mol. The van der Waals surface area contributed by atoms with Crippen LogP contribution in [0.25, 0.3) is 0 Å². The molecule has 0 radical (unpaired) electrons. The molecule has 2 amide bonds. The lowest BCUT2D eigenvalue weighted by Gasteiger charge is -2.14. The van der Waals surface area contributed by atoms with Gasteiger partial charge in [0.15, 0.2) is 5.75 Å². The molecule has 0 fully saturated rings. The summed E-state index contributed by atoms with van der Waals surface area (Å²) in [6.07, 6.45) is -1.15. The number of nitrogens with zero attached hydrogens (tertiary/aromatic N) is 1. The number of anilines is 2. The lowest BCUT2D eigenvalue weighted by atomic mass is 10.1. The zero-order valence-corrected chi connectivity index (χ0v) is 17.0. The van der Waals surface area contributed by atoms with Crippen molar-refractivity contribution in [3.63, 3.8) is 0 Å². The van der Waals surface area contributed by atoms with Crippen LogP contribution in [0.3, 0.4) is 0 Å². The summed E-state index contributed by atoms with van der Waals surface area (Å²) in [7, 11) is 0. The predicted molar refractivity (Wildman–Crippen MR) is 113 cm³/mol. The molecule has 31 heavy (non-hydrogen) atoms. The van der Waals surface area contributed by atoms with Crippen LogP contribution in [0.1, 0.15) is 16.7 Å². The van der Waals surface area contributed by atoms with Crippen LogP contribution in [0.15, 0.2) is 73.1 Å². The van der Waals surface area contributed by atoms with Gasteiger partial charge >= 0.3 is 12.2 Å². The minimum Gasteiger partial charge on any atom is -0.593 e. The van der Waals surface area contributed by atoms with E-state index in [1.807, 2.05) is 6.07 Å². The van der Waals surface area contributed by atoms with Gasteiger partial charge in [0.2, 0.25) is 0 Å². The number of rotatable bonds is 7. The number of hydrogen-bond acceptors (Lipinski definition) is 4. The molecule has 10 heteroatoms. The second-order valence-corrected chi connectivity index (χ2v) is 7.72. The zero-order valence-electron chi connectivity index (χ0n) is 16.1. The lowest BCUT2D eigenvalue weighted by molar-refractivity contribution is -0.137. The smallest absolute Gasteiger partial charge is 0.416 e. The molecule has 0 spiro atoms. The van der Waals surface area contributed by atoms with E-state index in [1.54, 1.807) is 42.7 Å². The van der Waals surface area contributed by atoms with Gasteiger partial charge in [0.1, 0.15) is 0 Å². The fourth-order valence-corrected chi connectivity index (χ4v) is 3.59. The first-order valence-corrected chi connectivity index (χ1v) is 10.5. The Bertz CT molecular complexity index is 1000. The maximum absolute atomic E-state index is 12.8. The summed E-state index contributed by atoms with van der Waals surface area (Å²) in [5.74, 6) is -0.0827. The Hall–Kier alpha value is -3.24. The second-order valence-electron chi connectivity index (χ2n) is 6.54. The van der Waals surface area contributed by atoms with Crippen molar-refractivity contribution in [1.29, 1.82) is 0 Å². The van der Waals surface area contributed by atoms with E-state index in [-0.39, 0.29) is 5.75 Å². The van der Waals surface area contributed by atoms with Crippen LogP contribution in [-0.2, 0) is 29.8 Å². The minimum atomic E-state index is -4.45. The molecule has 0 bridgehead atoms. The molecule has 3 N–H and O–H groups in total. The Kier molecular flexibility index (Phi) is 7.37. The van der Waals surface area contributed by atoms with Gasteiger partial charge in [-0.1, -0.05) is 18.2 Å². The Balaban J connectivity index is 1.49. The zero-order chi connectivity index (χ0) is 22.3. The van der Waals surface area contributed by atoms with E-state index in [4.69, 9.17) is 0 Å². The highest BCUT2D eigenvalue weighted by molar-refractivity contribution is 7.91. The average Bonchev–Trinajstić information content (AvgIpc) is 2.74. The summed E-state index contributed by atoms with van der Waals surface area (Å²) < 4.78 is 53.4. The normalized spacial score (nSPS) is 12.1. The van der Waals surface area contributed by atoms with Gasteiger partial charge in [0, 0.05) is 30.2 Å². The first-order valence-electron chi connectivity index (χ1n) is 9.14. The van der Waals surface area contributed by atoms with Gasteiger partial charge < -0.3 is 15.2 Å². The predicted octanol–water partition coefficient (Wildman–Crippen LogP) is 4.70.